The number of halogens is 3. The Balaban J connectivity index is 0.000000641. The number of rotatable bonds is 4. The first-order chi connectivity index (χ1) is 16.3. The van der Waals surface area contributed by atoms with Gasteiger partial charge in [0.15, 0.2) is 10.9 Å². The molecule has 0 radical (unpaired) electrons. The first-order valence-electron chi connectivity index (χ1n) is 10.4. The van der Waals surface area contributed by atoms with Crippen LogP contribution >= 0.6 is 12.2 Å². The second-order valence-electron chi connectivity index (χ2n) is 7.82. The van der Waals surface area contributed by atoms with Crippen molar-refractivity contribution in [3.63, 3.8) is 0 Å². The predicted octanol–water partition coefficient (Wildman–Crippen LogP) is 3.77. The van der Waals surface area contributed by atoms with E-state index >= 15 is 0 Å². The zero-order chi connectivity index (χ0) is 26.3. The van der Waals surface area contributed by atoms with Gasteiger partial charge in [0, 0.05) is 22.9 Å². The van der Waals surface area contributed by atoms with Crippen LogP contribution in [-0.2, 0) is 15.8 Å². The van der Waals surface area contributed by atoms with Gasteiger partial charge in [-0.25, -0.2) is 9.59 Å². The molecule has 1 aliphatic rings. The first-order valence-corrected chi connectivity index (χ1v) is 10.8. The van der Waals surface area contributed by atoms with Gasteiger partial charge in [-0.05, 0) is 75.5 Å². The van der Waals surface area contributed by atoms with Crippen LogP contribution in [0.25, 0.3) is 0 Å². The van der Waals surface area contributed by atoms with E-state index in [2.05, 4.69) is 4.90 Å². The van der Waals surface area contributed by atoms with E-state index in [-0.39, 0.29) is 22.5 Å². The number of carbonyl (C=O) groups is 3. The molecule has 1 heterocycles. The molecule has 0 spiro atoms. The summed E-state index contributed by atoms with van der Waals surface area (Å²) in [7, 11) is 2.02. The number of hydrogen-bond acceptors (Lipinski definition) is 5. The van der Waals surface area contributed by atoms with E-state index in [4.69, 9.17) is 37.8 Å². The smallest absolute Gasteiger partial charge is 0.416 e. The molecule has 0 atom stereocenters. The summed E-state index contributed by atoms with van der Waals surface area (Å²) in [5.74, 6) is -3.68. The summed E-state index contributed by atoms with van der Waals surface area (Å²) in [5.41, 5.74) is 6.18. The number of ketones is 1. The molecule has 2 aromatic carbocycles. The molecule has 3 rings (SSSR count). The first kappa shape index (κ1) is 27.7. The van der Waals surface area contributed by atoms with Crippen LogP contribution in [0.15, 0.2) is 48.5 Å². The Labute approximate surface area is 204 Å². The van der Waals surface area contributed by atoms with Gasteiger partial charge in [-0.2, -0.15) is 13.2 Å². The lowest BCUT2D eigenvalue weighted by atomic mass is 9.89. The largest absolute Gasteiger partial charge is 0.473 e. The summed E-state index contributed by atoms with van der Waals surface area (Å²) in [5, 5.41) is 14.7. The normalized spacial score (nSPS) is 14.4. The molecule has 12 heteroatoms. The summed E-state index contributed by atoms with van der Waals surface area (Å²) < 4.78 is 39.3. The van der Waals surface area contributed by atoms with Crippen molar-refractivity contribution in [2.45, 2.75) is 19.0 Å². The summed E-state index contributed by atoms with van der Waals surface area (Å²) in [6.07, 6.45) is -2.91. The Morgan fingerprint density at radius 3 is 2.00 bits per heavy atom. The highest BCUT2D eigenvalue weighted by atomic mass is 32.1. The second kappa shape index (κ2) is 11.8. The number of thiocarbonyl (C=S) groups is 1. The Hall–Kier alpha value is -3.51. The average molecular weight is 512 g/mol. The van der Waals surface area contributed by atoms with E-state index < -0.39 is 23.7 Å². The number of nitrogens with zero attached hydrogens (tertiary/aromatic N) is 2. The Bertz CT molecular complexity index is 1090. The molecule has 8 nitrogen and oxygen atoms in total. The highest BCUT2D eigenvalue weighted by Gasteiger charge is 2.31. The van der Waals surface area contributed by atoms with E-state index in [9.17, 15) is 18.0 Å². The monoisotopic (exact) mass is 511 g/mol. The van der Waals surface area contributed by atoms with Gasteiger partial charge in [0.25, 0.3) is 0 Å². The number of likely N-dealkylation sites (tertiary alicyclic amines) is 1. The zero-order valence-electron chi connectivity index (χ0n) is 18.7. The van der Waals surface area contributed by atoms with E-state index in [0.717, 1.165) is 38.1 Å². The standard InChI is InChI=1S/C21H22F3N3OS.C2H2O4/c1-26-10-8-14(9-11-26)19(28)15-4-2-6-17(12-15)27(20(25)29)18-7-3-5-16(13-18)21(22,23)24;3-1(4)2(5)6/h2-7,12-14H,8-11H2,1H3,(H2,25,29);(H,3,4)(H,5,6). The van der Waals surface area contributed by atoms with Crippen LogP contribution in [0, 0.1) is 5.92 Å². The molecule has 188 valence electrons. The van der Waals surface area contributed by atoms with Crippen molar-refractivity contribution in [1.29, 1.82) is 0 Å². The molecule has 0 amide bonds. The molecule has 1 aliphatic heterocycles. The lowest BCUT2D eigenvalue weighted by Gasteiger charge is -2.28. The number of hydrogen-bond donors (Lipinski definition) is 3. The number of anilines is 2. The van der Waals surface area contributed by atoms with Gasteiger partial charge in [0.2, 0.25) is 0 Å². The lowest BCUT2D eigenvalue weighted by molar-refractivity contribution is -0.159. The molecule has 0 saturated carbocycles. The van der Waals surface area contributed by atoms with Gasteiger partial charge in [-0.1, -0.05) is 18.2 Å². The Kier molecular flexibility index (Phi) is 9.32. The molecule has 1 fully saturated rings. The molecule has 1 saturated heterocycles. The van der Waals surface area contributed by atoms with Crippen LogP contribution in [0.1, 0.15) is 28.8 Å². The molecule has 4 N–H and O–H groups in total. The highest BCUT2D eigenvalue weighted by Crippen LogP contribution is 2.34. The van der Waals surface area contributed by atoms with Crippen molar-refractivity contribution in [3.8, 4) is 0 Å². The number of carboxylic acid groups (broad SMARTS) is 2. The van der Waals surface area contributed by atoms with Crippen LogP contribution in [0.4, 0.5) is 24.5 Å². The topological polar surface area (TPSA) is 124 Å². The number of benzene rings is 2. The Morgan fingerprint density at radius 1 is 1.00 bits per heavy atom. The quantitative estimate of drug-likeness (QED) is 0.320. The van der Waals surface area contributed by atoms with Crippen LogP contribution in [0.5, 0.6) is 0 Å². The third-order valence-electron chi connectivity index (χ3n) is 5.31. The minimum absolute atomic E-state index is 0.0342. The van der Waals surface area contributed by atoms with Crippen molar-refractivity contribution in [2.75, 3.05) is 25.0 Å². The zero-order valence-corrected chi connectivity index (χ0v) is 19.5. The SMILES string of the molecule is CN1CCC(C(=O)c2cccc(N(C(N)=S)c3cccc(C(F)(F)F)c3)c2)CC1.O=C(O)C(=O)O. The molecular weight excluding hydrogens is 487 g/mol. The maximum atomic E-state index is 13.1. The van der Waals surface area contributed by atoms with E-state index in [1.807, 2.05) is 7.05 Å². The van der Waals surface area contributed by atoms with Gasteiger partial charge in [0.1, 0.15) is 0 Å². The molecule has 2 aromatic rings. The Morgan fingerprint density at radius 2 is 1.51 bits per heavy atom. The van der Waals surface area contributed by atoms with Crippen LogP contribution < -0.4 is 10.6 Å². The van der Waals surface area contributed by atoms with Crippen molar-refractivity contribution in [1.82, 2.24) is 4.90 Å². The number of alkyl halides is 3. The van der Waals surface area contributed by atoms with Gasteiger partial charge < -0.3 is 20.8 Å². The molecular formula is C23H24F3N3O5S. The number of nitrogens with two attached hydrogens (primary N) is 1. The van der Waals surface area contributed by atoms with E-state index in [0.29, 0.717) is 11.3 Å². The molecule has 0 aromatic heterocycles. The average Bonchev–Trinajstić information content (AvgIpc) is 2.79. The summed E-state index contributed by atoms with van der Waals surface area (Å²) >= 11 is 5.10. The lowest BCUT2D eigenvalue weighted by Crippen LogP contribution is -2.34. The summed E-state index contributed by atoms with van der Waals surface area (Å²) in [6.45, 7) is 1.72. The molecule has 0 unspecified atom stereocenters. The molecule has 0 bridgehead atoms. The van der Waals surface area contributed by atoms with Gasteiger partial charge in [0.05, 0.1) is 5.56 Å². The maximum absolute atomic E-state index is 13.1. The third kappa shape index (κ3) is 7.76. The number of aliphatic carboxylic acids is 2. The summed E-state index contributed by atoms with van der Waals surface area (Å²) in [6, 6.07) is 11.5. The number of Topliss-reactive ketones (excluding diaryl/α,β-unsaturated/α-hetero) is 1. The number of carbonyl (C=O) groups excluding carboxylic acids is 1. The minimum atomic E-state index is -4.48. The van der Waals surface area contributed by atoms with E-state index in [1.54, 1.807) is 24.3 Å². The van der Waals surface area contributed by atoms with Crippen molar-refractivity contribution < 1.29 is 37.8 Å². The van der Waals surface area contributed by atoms with E-state index in [1.165, 1.54) is 17.0 Å². The van der Waals surface area contributed by atoms with Crippen LogP contribution in [0.3, 0.4) is 0 Å². The van der Waals surface area contributed by atoms with Crippen LogP contribution in [-0.4, -0.2) is 58.1 Å². The fourth-order valence-corrected chi connectivity index (χ4v) is 3.74. The predicted molar refractivity (Wildman–Crippen MR) is 127 cm³/mol. The number of carboxylic acids is 2. The van der Waals surface area contributed by atoms with Gasteiger partial charge in [-0.3, -0.25) is 9.69 Å². The van der Waals surface area contributed by atoms with Gasteiger partial charge in [-0.15, -0.1) is 0 Å². The van der Waals surface area contributed by atoms with Crippen molar-refractivity contribution in [3.05, 3.63) is 59.7 Å². The van der Waals surface area contributed by atoms with Crippen molar-refractivity contribution in [2.24, 2.45) is 11.7 Å². The fraction of sp³-hybridized carbons (Fsp3) is 0.304. The molecule has 35 heavy (non-hydrogen) atoms. The number of piperidine rings is 1. The fourth-order valence-electron chi connectivity index (χ4n) is 3.53. The maximum Gasteiger partial charge on any atom is 0.416 e. The molecule has 0 aliphatic carbocycles. The highest BCUT2D eigenvalue weighted by molar-refractivity contribution is 7.80. The minimum Gasteiger partial charge on any atom is -0.473 e. The summed E-state index contributed by atoms with van der Waals surface area (Å²) in [4.78, 5) is 34.6. The third-order valence-corrected chi connectivity index (χ3v) is 5.50. The van der Waals surface area contributed by atoms with Crippen LogP contribution in [0.2, 0.25) is 0 Å². The van der Waals surface area contributed by atoms with Gasteiger partial charge >= 0.3 is 18.1 Å². The second-order valence-corrected chi connectivity index (χ2v) is 8.24. The van der Waals surface area contributed by atoms with Crippen molar-refractivity contribution >= 4 is 46.4 Å².